The first kappa shape index (κ1) is 18.2. The zero-order chi connectivity index (χ0) is 18.9. The molecule has 0 saturated carbocycles. The van der Waals surface area contributed by atoms with E-state index in [-0.39, 0.29) is 22.7 Å². The number of aromatic nitrogens is 5. The lowest BCUT2D eigenvalue weighted by atomic mass is 10.1. The fraction of sp³-hybridized carbons (Fsp3) is 0.353. The van der Waals surface area contributed by atoms with Gasteiger partial charge in [0.15, 0.2) is 9.84 Å². The third-order valence-corrected chi connectivity index (χ3v) is 5.15. The minimum atomic E-state index is -3.51. The van der Waals surface area contributed by atoms with Crippen LogP contribution in [-0.4, -0.2) is 33.0 Å². The lowest BCUT2D eigenvalue weighted by Gasteiger charge is -2.21. The van der Waals surface area contributed by atoms with Gasteiger partial charge < -0.3 is 0 Å². The zero-order valence-electron chi connectivity index (χ0n) is 14.8. The van der Waals surface area contributed by atoms with E-state index in [1.54, 1.807) is 35.1 Å². The molecule has 0 atom stereocenters. The summed E-state index contributed by atoms with van der Waals surface area (Å²) in [4.78, 5) is 4.07. The number of sulfone groups is 1. The Morgan fingerprint density at radius 2 is 1.85 bits per heavy atom. The SMILES string of the molecule is CC(C)(C)n1ncnc1CS(=O)(=O)Cc1ccn(-c2ccccc2F)n1. The molecule has 3 rings (SSSR count). The number of hydrogen-bond donors (Lipinski definition) is 0. The van der Waals surface area contributed by atoms with Gasteiger partial charge in [-0.1, -0.05) is 12.1 Å². The molecular weight excluding hydrogens is 357 g/mol. The Morgan fingerprint density at radius 3 is 2.54 bits per heavy atom. The van der Waals surface area contributed by atoms with Crippen LogP contribution in [0.1, 0.15) is 32.3 Å². The average molecular weight is 377 g/mol. The predicted molar refractivity (Wildman–Crippen MR) is 94.9 cm³/mol. The molecule has 0 fully saturated rings. The van der Waals surface area contributed by atoms with Gasteiger partial charge in [-0.05, 0) is 39.0 Å². The second kappa shape index (κ2) is 6.64. The highest BCUT2D eigenvalue weighted by molar-refractivity contribution is 7.89. The van der Waals surface area contributed by atoms with Crippen molar-refractivity contribution >= 4 is 9.84 Å². The lowest BCUT2D eigenvalue weighted by Crippen LogP contribution is -2.27. The van der Waals surface area contributed by atoms with Gasteiger partial charge in [0.25, 0.3) is 0 Å². The normalized spacial score (nSPS) is 12.5. The van der Waals surface area contributed by atoms with Crippen LogP contribution in [-0.2, 0) is 26.9 Å². The van der Waals surface area contributed by atoms with E-state index in [0.717, 1.165) is 0 Å². The van der Waals surface area contributed by atoms with Crippen LogP contribution in [0.25, 0.3) is 5.69 Å². The number of nitrogens with zero attached hydrogens (tertiary/aromatic N) is 5. The molecule has 7 nitrogen and oxygen atoms in total. The van der Waals surface area contributed by atoms with E-state index in [1.165, 1.54) is 17.1 Å². The first-order valence-electron chi connectivity index (χ1n) is 8.05. The standard InChI is InChI=1S/C17H20FN5O2S/c1-17(2,3)23-16(19-12-20-23)11-26(24,25)10-13-8-9-22(21-13)15-7-5-4-6-14(15)18/h4-9,12H,10-11H2,1-3H3. The van der Waals surface area contributed by atoms with E-state index in [1.807, 2.05) is 20.8 Å². The molecule has 138 valence electrons. The van der Waals surface area contributed by atoms with Crippen molar-refractivity contribution in [2.24, 2.45) is 0 Å². The van der Waals surface area contributed by atoms with Gasteiger partial charge in [-0.15, -0.1) is 0 Å². The Balaban J connectivity index is 1.79. The Labute approximate surface area is 151 Å². The van der Waals surface area contributed by atoms with Gasteiger partial charge >= 0.3 is 0 Å². The number of benzene rings is 1. The third kappa shape index (κ3) is 3.98. The monoisotopic (exact) mass is 377 g/mol. The number of halogens is 1. The van der Waals surface area contributed by atoms with Crippen LogP contribution < -0.4 is 0 Å². The largest absolute Gasteiger partial charge is 0.244 e. The van der Waals surface area contributed by atoms with Crippen molar-refractivity contribution in [2.75, 3.05) is 0 Å². The molecule has 26 heavy (non-hydrogen) atoms. The molecule has 3 aromatic rings. The Hall–Kier alpha value is -2.55. The summed E-state index contributed by atoms with van der Waals surface area (Å²) in [7, 11) is -3.51. The van der Waals surface area contributed by atoms with Crippen molar-refractivity contribution in [1.29, 1.82) is 0 Å². The fourth-order valence-electron chi connectivity index (χ4n) is 2.61. The molecule has 0 aliphatic rings. The van der Waals surface area contributed by atoms with Crippen LogP contribution >= 0.6 is 0 Å². The van der Waals surface area contributed by atoms with Crippen LogP contribution in [0, 0.1) is 5.82 Å². The van der Waals surface area contributed by atoms with Crippen molar-refractivity contribution in [3.05, 3.63) is 60.2 Å². The maximum absolute atomic E-state index is 13.8. The maximum Gasteiger partial charge on any atom is 0.163 e. The Morgan fingerprint density at radius 1 is 1.12 bits per heavy atom. The summed E-state index contributed by atoms with van der Waals surface area (Å²) < 4.78 is 41.9. The van der Waals surface area contributed by atoms with Crippen molar-refractivity contribution < 1.29 is 12.8 Å². The van der Waals surface area contributed by atoms with E-state index in [0.29, 0.717) is 11.5 Å². The molecule has 2 heterocycles. The average Bonchev–Trinajstić information content (AvgIpc) is 3.15. The highest BCUT2D eigenvalue weighted by Gasteiger charge is 2.24. The molecule has 0 bridgehead atoms. The summed E-state index contributed by atoms with van der Waals surface area (Å²) in [5, 5.41) is 8.29. The zero-order valence-corrected chi connectivity index (χ0v) is 15.6. The van der Waals surface area contributed by atoms with Crippen molar-refractivity contribution in [2.45, 2.75) is 37.8 Å². The third-order valence-electron chi connectivity index (χ3n) is 3.71. The molecule has 0 saturated heterocycles. The highest BCUT2D eigenvalue weighted by atomic mass is 32.2. The van der Waals surface area contributed by atoms with Crippen LogP contribution in [0.2, 0.25) is 0 Å². The molecule has 9 heteroatoms. The second-order valence-corrected chi connectivity index (χ2v) is 9.06. The Bertz CT molecular complexity index is 1020. The molecule has 2 aromatic heterocycles. The molecule has 0 spiro atoms. The van der Waals surface area contributed by atoms with Crippen LogP contribution in [0.15, 0.2) is 42.9 Å². The van der Waals surface area contributed by atoms with Gasteiger partial charge in [0.1, 0.15) is 29.4 Å². The van der Waals surface area contributed by atoms with Crippen molar-refractivity contribution in [1.82, 2.24) is 24.5 Å². The molecule has 0 N–H and O–H groups in total. The first-order valence-corrected chi connectivity index (χ1v) is 9.87. The second-order valence-electron chi connectivity index (χ2n) is 6.99. The van der Waals surface area contributed by atoms with E-state index in [9.17, 15) is 12.8 Å². The highest BCUT2D eigenvalue weighted by Crippen LogP contribution is 2.18. The van der Waals surface area contributed by atoms with E-state index < -0.39 is 15.7 Å². The summed E-state index contributed by atoms with van der Waals surface area (Å²) in [5.74, 6) is -0.545. The van der Waals surface area contributed by atoms with Crippen molar-refractivity contribution in [3.8, 4) is 5.69 Å². The smallest absolute Gasteiger partial charge is 0.163 e. The minimum Gasteiger partial charge on any atom is -0.244 e. The topological polar surface area (TPSA) is 82.7 Å². The van der Waals surface area contributed by atoms with Gasteiger partial charge in [-0.3, -0.25) is 0 Å². The molecule has 1 aromatic carbocycles. The van der Waals surface area contributed by atoms with Crippen LogP contribution in [0.4, 0.5) is 4.39 Å². The summed E-state index contributed by atoms with van der Waals surface area (Å²) in [6, 6.07) is 7.74. The molecule has 0 amide bonds. The van der Waals surface area contributed by atoms with Crippen LogP contribution in [0.3, 0.4) is 0 Å². The maximum atomic E-state index is 13.8. The fourth-order valence-corrected chi connectivity index (χ4v) is 3.90. The number of para-hydroxylation sites is 1. The van der Waals surface area contributed by atoms with Crippen molar-refractivity contribution in [3.63, 3.8) is 0 Å². The number of hydrogen-bond acceptors (Lipinski definition) is 5. The summed E-state index contributed by atoms with van der Waals surface area (Å²) >= 11 is 0. The molecule has 0 aliphatic carbocycles. The van der Waals surface area contributed by atoms with E-state index in [2.05, 4.69) is 15.2 Å². The Kier molecular flexibility index (Phi) is 4.66. The summed E-state index contributed by atoms with van der Waals surface area (Å²) in [6.45, 7) is 5.77. The van der Waals surface area contributed by atoms with Crippen LogP contribution in [0.5, 0.6) is 0 Å². The van der Waals surface area contributed by atoms with E-state index >= 15 is 0 Å². The molecule has 0 radical (unpaired) electrons. The van der Waals surface area contributed by atoms with Gasteiger partial charge in [-0.25, -0.2) is 27.2 Å². The predicted octanol–water partition coefficient (Wildman–Crippen LogP) is 2.47. The lowest BCUT2D eigenvalue weighted by molar-refractivity contribution is 0.345. The molecular formula is C17H20FN5O2S. The summed E-state index contributed by atoms with van der Waals surface area (Å²) in [6.07, 6.45) is 2.89. The van der Waals surface area contributed by atoms with Gasteiger partial charge in [0.2, 0.25) is 0 Å². The van der Waals surface area contributed by atoms with E-state index in [4.69, 9.17) is 0 Å². The molecule has 0 aliphatic heterocycles. The van der Waals surface area contributed by atoms with Gasteiger partial charge in [0.05, 0.1) is 17.0 Å². The first-order chi connectivity index (χ1) is 12.2. The summed E-state index contributed by atoms with van der Waals surface area (Å²) in [5.41, 5.74) is 0.243. The van der Waals surface area contributed by atoms with Gasteiger partial charge in [0, 0.05) is 6.20 Å². The quantitative estimate of drug-likeness (QED) is 0.682. The molecule has 0 unspecified atom stereocenters. The van der Waals surface area contributed by atoms with Gasteiger partial charge in [-0.2, -0.15) is 10.2 Å². The number of rotatable bonds is 5. The minimum absolute atomic E-state index is 0.239.